The molecule has 1 aromatic rings. The van der Waals surface area contributed by atoms with Gasteiger partial charge in [-0.3, -0.25) is 9.59 Å². The van der Waals surface area contributed by atoms with Gasteiger partial charge in [-0.2, -0.15) is 13.2 Å². The molecule has 1 aromatic carbocycles. The number of primary amides is 1. The Kier molecular flexibility index (Phi) is 5.54. The third-order valence-electron chi connectivity index (χ3n) is 3.07. The van der Waals surface area contributed by atoms with E-state index in [4.69, 9.17) is 5.73 Å². The maximum atomic E-state index is 12.4. The number of carbonyl (C=O) groups excluding carboxylic acids is 2. The van der Waals surface area contributed by atoms with Crippen LogP contribution in [0.1, 0.15) is 31.1 Å². The summed E-state index contributed by atoms with van der Waals surface area (Å²) in [4.78, 5) is 23.0. The second-order valence-electron chi connectivity index (χ2n) is 5.15. The van der Waals surface area contributed by atoms with Gasteiger partial charge in [0.05, 0.1) is 5.56 Å². The molecule has 0 bridgehead atoms. The molecule has 0 unspecified atom stereocenters. The van der Waals surface area contributed by atoms with Crippen molar-refractivity contribution in [1.29, 1.82) is 0 Å². The van der Waals surface area contributed by atoms with Crippen LogP contribution < -0.4 is 11.1 Å². The van der Waals surface area contributed by atoms with Gasteiger partial charge in [-0.25, -0.2) is 0 Å². The molecule has 22 heavy (non-hydrogen) atoms. The zero-order chi connectivity index (χ0) is 17.1. The van der Waals surface area contributed by atoms with Gasteiger partial charge in [0.1, 0.15) is 6.04 Å². The van der Waals surface area contributed by atoms with Crippen LogP contribution in [0, 0.1) is 5.92 Å². The second kappa shape index (κ2) is 6.78. The van der Waals surface area contributed by atoms with E-state index in [0.29, 0.717) is 0 Å². The molecule has 0 radical (unpaired) electrons. The number of benzene rings is 1. The minimum absolute atomic E-state index is 0.0162. The van der Waals surface area contributed by atoms with Gasteiger partial charge in [-0.15, -0.1) is 0 Å². The highest BCUT2D eigenvalue weighted by Crippen LogP contribution is 2.29. The molecular weight excluding hydrogens is 301 g/mol. The van der Waals surface area contributed by atoms with E-state index in [2.05, 4.69) is 5.32 Å². The summed E-state index contributed by atoms with van der Waals surface area (Å²) in [5.74, 6) is -1.96. The van der Waals surface area contributed by atoms with Crippen LogP contribution in [0.25, 0.3) is 0 Å². The summed E-state index contributed by atoms with van der Waals surface area (Å²) in [5, 5.41) is 12.1. The number of aliphatic hydroxyl groups is 1. The van der Waals surface area contributed by atoms with E-state index in [9.17, 15) is 27.9 Å². The van der Waals surface area contributed by atoms with E-state index < -0.39 is 35.7 Å². The number of hydrogen-bond acceptors (Lipinski definition) is 3. The predicted molar refractivity (Wildman–Crippen MR) is 72.4 cm³/mol. The first-order valence-corrected chi connectivity index (χ1v) is 6.49. The summed E-state index contributed by atoms with van der Waals surface area (Å²) in [5.41, 5.74) is 4.23. The van der Waals surface area contributed by atoms with Crippen molar-refractivity contribution in [2.75, 3.05) is 0 Å². The number of carbonyl (C=O) groups is 2. The highest BCUT2D eigenvalue weighted by molar-refractivity contribution is 5.89. The first-order chi connectivity index (χ1) is 10.0. The molecule has 1 rings (SSSR count). The standard InChI is InChI=1S/C14H17F3N2O3/c1-7(2)10(12(18)21)19-13(22)11(20)8-3-5-9(6-4-8)14(15,16)17/h3-7,10-11,20H,1-2H3,(H2,18,21)(H,19,22)/t10-,11-/m1/s1. The number of rotatable bonds is 5. The van der Waals surface area contributed by atoms with E-state index in [1.807, 2.05) is 0 Å². The molecule has 2 atom stereocenters. The van der Waals surface area contributed by atoms with E-state index in [1.54, 1.807) is 13.8 Å². The van der Waals surface area contributed by atoms with Crippen molar-refractivity contribution in [3.05, 3.63) is 35.4 Å². The summed E-state index contributed by atoms with van der Waals surface area (Å²) >= 11 is 0. The Bertz CT molecular complexity index is 541. The quantitative estimate of drug-likeness (QED) is 0.765. The van der Waals surface area contributed by atoms with Crippen molar-refractivity contribution >= 4 is 11.8 Å². The van der Waals surface area contributed by atoms with Gasteiger partial charge in [0.2, 0.25) is 5.91 Å². The molecule has 5 nitrogen and oxygen atoms in total. The number of nitrogens with one attached hydrogen (secondary N) is 1. The van der Waals surface area contributed by atoms with Crippen molar-refractivity contribution in [2.24, 2.45) is 11.7 Å². The van der Waals surface area contributed by atoms with Crippen LogP contribution >= 0.6 is 0 Å². The van der Waals surface area contributed by atoms with Gasteiger partial charge >= 0.3 is 6.18 Å². The molecule has 0 aliphatic carbocycles. The lowest BCUT2D eigenvalue weighted by molar-refractivity contribution is -0.137. The molecule has 0 heterocycles. The fourth-order valence-electron chi connectivity index (χ4n) is 1.80. The maximum absolute atomic E-state index is 12.4. The van der Waals surface area contributed by atoms with E-state index >= 15 is 0 Å². The SMILES string of the molecule is CC(C)[C@@H](NC(=O)[C@H](O)c1ccc(C(F)(F)F)cc1)C(N)=O. The predicted octanol–water partition coefficient (Wildman–Crippen LogP) is 1.36. The number of aliphatic hydroxyl groups excluding tert-OH is 1. The lowest BCUT2D eigenvalue weighted by Gasteiger charge is -2.21. The highest BCUT2D eigenvalue weighted by Gasteiger charge is 2.31. The van der Waals surface area contributed by atoms with Gasteiger partial charge in [0, 0.05) is 0 Å². The average Bonchev–Trinajstić information content (AvgIpc) is 2.42. The third kappa shape index (κ3) is 4.45. The molecule has 8 heteroatoms. The van der Waals surface area contributed by atoms with Gasteiger partial charge in [0.25, 0.3) is 5.91 Å². The van der Waals surface area contributed by atoms with Crippen LogP contribution in [0.3, 0.4) is 0 Å². The van der Waals surface area contributed by atoms with Crippen LogP contribution in [0.5, 0.6) is 0 Å². The van der Waals surface area contributed by atoms with Gasteiger partial charge in [-0.1, -0.05) is 26.0 Å². The summed E-state index contributed by atoms with van der Waals surface area (Å²) in [6, 6.07) is 2.56. The van der Waals surface area contributed by atoms with Gasteiger partial charge < -0.3 is 16.2 Å². The van der Waals surface area contributed by atoms with Gasteiger partial charge in [0.15, 0.2) is 6.10 Å². The Hall–Kier alpha value is -2.09. The zero-order valence-corrected chi connectivity index (χ0v) is 12.0. The molecule has 0 saturated heterocycles. The normalized spacial score (nSPS) is 14.5. The smallest absolute Gasteiger partial charge is 0.378 e. The molecule has 4 N–H and O–H groups in total. The third-order valence-corrected chi connectivity index (χ3v) is 3.07. The number of hydrogen-bond donors (Lipinski definition) is 3. The Morgan fingerprint density at radius 3 is 2.05 bits per heavy atom. The van der Waals surface area contributed by atoms with E-state index in [0.717, 1.165) is 24.3 Å². The number of nitrogens with two attached hydrogens (primary N) is 1. The van der Waals surface area contributed by atoms with Gasteiger partial charge in [-0.05, 0) is 23.6 Å². The molecule has 0 saturated carbocycles. The molecule has 2 amide bonds. The van der Waals surface area contributed by atoms with Crippen LogP contribution in [-0.2, 0) is 15.8 Å². The van der Waals surface area contributed by atoms with Crippen LogP contribution in [-0.4, -0.2) is 23.0 Å². The Morgan fingerprint density at radius 1 is 1.18 bits per heavy atom. The molecule has 0 aliphatic rings. The lowest BCUT2D eigenvalue weighted by atomic mass is 10.0. The summed E-state index contributed by atoms with van der Waals surface area (Å²) in [6.07, 6.45) is -6.19. The molecule has 0 spiro atoms. The monoisotopic (exact) mass is 318 g/mol. The average molecular weight is 318 g/mol. The van der Waals surface area contributed by atoms with Crippen LogP contribution in [0.4, 0.5) is 13.2 Å². The minimum atomic E-state index is -4.50. The Labute approximate surface area is 125 Å². The zero-order valence-electron chi connectivity index (χ0n) is 12.0. The molecule has 0 fully saturated rings. The van der Waals surface area contributed by atoms with Crippen molar-refractivity contribution in [3.8, 4) is 0 Å². The van der Waals surface area contributed by atoms with Crippen LogP contribution in [0.2, 0.25) is 0 Å². The Balaban J connectivity index is 2.85. The topological polar surface area (TPSA) is 92.4 Å². The first-order valence-electron chi connectivity index (χ1n) is 6.49. The minimum Gasteiger partial charge on any atom is -0.378 e. The van der Waals surface area contributed by atoms with E-state index in [-0.39, 0.29) is 11.5 Å². The Morgan fingerprint density at radius 2 is 1.68 bits per heavy atom. The lowest BCUT2D eigenvalue weighted by Crippen LogP contribution is -2.49. The number of halogens is 3. The number of amides is 2. The van der Waals surface area contributed by atoms with E-state index in [1.165, 1.54) is 0 Å². The molecule has 0 aliphatic heterocycles. The maximum Gasteiger partial charge on any atom is 0.416 e. The summed E-state index contributed by atoms with van der Waals surface area (Å²) in [6.45, 7) is 3.31. The van der Waals surface area contributed by atoms with Crippen molar-refractivity contribution < 1.29 is 27.9 Å². The fraction of sp³-hybridized carbons (Fsp3) is 0.429. The number of alkyl halides is 3. The summed E-state index contributed by atoms with van der Waals surface area (Å²) < 4.78 is 37.3. The fourth-order valence-corrected chi connectivity index (χ4v) is 1.80. The largest absolute Gasteiger partial charge is 0.416 e. The van der Waals surface area contributed by atoms with Crippen molar-refractivity contribution in [2.45, 2.75) is 32.2 Å². The molecule has 122 valence electrons. The van der Waals surface area contributed by atoms with Crippen LogP contribution in [0.15, 0.2) is 24.3 Å². The summed E-state index contributed by atoms with van der Waals surface area (Å²) in [7, 11) is 0. The second-order valence-corrected chi connectivity index (χ2v) is 5.15. The first kappa shape index (κ1) is 18.0. The molecular formula is C14H17F3N2O3. The van der Waals surface area contributed by atoms with Crippen molar-refractivity contribution in [3.63, 3.8) is 0 Å². The molecule has 0 aromatic heterocycles. The van der Waals surface area contributed by atoms with Crippen molar-refractivity contribution in [1.82, 2.24) is 5.32 Å². The highest BCUT2D eigenvalue weighted by atomic mass is 19.4.